The number of pyridine rings is 1. The van der Waals surface area contributed by atoms with Crippen molar-refractivity contribution in [2.75, 3.05) is 5.73 Å². The maximum Gasteiger partial charge on any atom is 0.0766 e. The van der Waals surface area contributed by atoms with Gasteiger partial charge in [-0.15, -0.1) is 0 Å². The number of anilines is 1. The lowest BCUT2D eigenvalue weighted by Crippen LogP contribution is -2.07. The number of nitrogen functional groups attached to an aromatic ring is 1. The number of allylic oxidation sites excluding steroid dienone is 4. The summed E-state index contributed by atoms with van der Waals surface area (Å²) in [6.07, 6.45) is 14.4. The molecule has 2 aromatic rings. The van der Waals surface area contributed by atoms with Gasteiger partial charge in [0.25, 0.3) is 0 Å². The maximum absolute atomic E-state index is 6.45. The second kappa shape index (κ2) is 10.4. The number of aromatic nitrogens is 1. The van der Waals surface area contributed by atoms with Gasteiger partial charge in [-0.05, 0) is 84.6 Å². The van der Waals surface area contributed by atoms with Crippen molar-refractivity contribution in [1.29, 1.82) is 0 Å². The molecule has 162 valence electrons. The van der Waals surface area contributed by atoms with Crippen LogP contribution in [0.25, 0.3) is 11.6 Å². The second-order valence-corrected chi connectivity index (χ2v) is 8.67. The van der Waals surface area contributed by atoms with Gasteiger partial charge in [0.2, 0.25) is 0 Å². The van der Waals surface area contributed by atoms with Crippen molar-refractivity contribution >= 4 is 23.6 Å². The van der Waals surface area contributed by atoms with E-state index in [0.29, 0.717) is 5.92 Å². The Hall–Kier alpha value is -2.94. The highest BCUT2D eigenvalue weighted by molar-refractivity contribution is 5.93. The van der Waals surface area contributed by atoms with Gasteiger partial charge in [0.15, 0.2) is 0 Å². The van der Waals surface area contributed by atoms with Crippen LogP contribution < -0.4 is 5.73 Å². The first-order valence-corrected chi connectivity index (χ1v) is 11.3. The Balaban J connectivity index is 2.01. The minimum Gasteiger partial charge on any atom is -0.398 e. The van der Waals surface area contributed by atoms with E-state index in [2.05, 4.69) is 63.5 Å². The smallest absolute Gasteiger partial charge is 0.0766 e. The SMILES string of the molecule is C=Cc1ccc(C(CC(C)C)N=Cc2c(N)ccc(C3=CCCC=C3C)c2CC)cn1. The molecule has 0 fully saturated rings. The summed E-state index contributed by atoms with van der Waals surface area (Å²) in [5, 5.41) is 0. The van der Waals surface area contributed by atoms with Gasteiger partial charge in [0.1, 0.15) is 0 Å². The molecule has 31 heavy (non-hydrogen) atoms. The number of aliphatic imine (C=N–C) groups is 1. The van der Waals surface area contributed by atoms with Gasteiger partial charge in [-0.25, -0.2) is 0 Å². The third kappa shape index (κ3) is 5.41. The summed E-state index contributed by atoms with van der Waals surface area (Å²) in [7, 11) is 0. The van der Waals surface area contributed by atoms with Gasteiger partial charge in [0, 0.05) is 23.7 Å². The van der Waals surface area contributed by atoms with Crippen LogP contribution in [0.5, 0.6) is 0 Å². The molecule has 0 amide bonds. The molecular weight excluding hydrogens is 378 g/mol. The Morgan fingerprint density at radius 1 is 1.16 bits per heavy atom. The van der Waals surface area contributed by atoms with Crippen molar-refractivity contribution in [2.24, 2.45) is 10.9 Å². The molecule has 0 spiro atoms. The summed E-state index contributed by atoms with van der Waals surface area (Å²) in [6, 6.07) is 8.35. The molecule has 1 aliphatic carbocycles. The number of hydrogen-bond donors (Lipinski definition) is 1. The molecule has 1 aromatic carbocycles. The number of nitrogens with zero attached hydrogens (tertiary/aromatic N) is 2. The second-order valence-electron chi connectivity index (χ2n) is 8.67. The number of nitrogens with two attached hydrogens (primary N) is 1. The van der Waals surface area contributed by atoms with E-state index >= 15 is 0 Å². The Labute approximate surface area is 187 Å². The lowest BCUT2D eigenvalue weighted by atomic mass is 9.87. The molecule has 0 bridgehead atoms. The molecule has 0 saturated heterocycles. The summed E-state index contributed by atoms with van der Waals surface area (Å²) >= 11 is 0. The Kier molecular flexibility index (Phi) is 7.62. The van der Waals surface area contributed by atoms with Crippen molar-refractivity contribution in [3.05, 3.63) is 82.7 Å². The highest BCUT2D eigenvalue weighted by Crippen LogP contribution is 2.34. The first kappa shape index (κ1) is 22.7. The molecular formula is C28H35N3. The van der Waals surface area contributed by atoms with Crippen LogP contribution in [0.4, 0.5) is 5.69 Å². The minimum atomic E-state index is 0.0506. The predicted molar refractivity (Wildman–Crippen MR) is 135 cm³/mol. The molecule has 1 aromatic heterocycles. The summed E-state index contributed by atoms with van der Waals surface area (Å²) in [5.41, 5.74) is 15.5. The highest BCUT2D eigenvalue weighted by atomic mass is 14.8. The van der Waals surface area contributed by atoms with Crippen LogP contribution in [-0.4, -0.2) is 11.2 Å². The number of rotatable bonds is 8. The third-order valence-corrected chi connectivity index (χ3v) is 5.91. The van der Waals surface area contributed by atoms with E-state index in [-0.39, 0.29) is 6.04 Å². The molecule has 1 heterocycles. The summed E-state index contributed by atoms with van der Waals surface area (Å²) in [5.74, 6) is 0.524. The Bertz CT molecular complexity index is 1010. The molecule has 0 saturated carbocycles. The van der Waals surface area contributed by atoms with Crippen molar-refractivity contribution in [3.63, 3.8) is 0 Å². The molecule has 3 heteroatoms. The summed E-state index contributed by atoms with van der Waals surface area (Å²) in [4.78, 5) is 9.51. The van der Waals surface area contributed by atoms with Crippen LogP contribution in [0.1, 0.15) is 80.9 Å². The van der Waals surface area contributed by atoms with Gasteiger partial charge in [-0.1, -0.05) is 51.6 Å². The van der Waals surface area contributed by atoms with Crippen LogP contribution in [0, 0.1) is 5.92 Å². The standard InChI is InChI=1S/C28H35N3/c1-6-22-13-12-21(17-30-22)28(16-19(3)4)31-18-26-23(7-2)25(14-15-27(26)29)24-11-9-8-10-20(24)5/h6,10-15,17-19,28H,1,7-9,16,29H2,2-5H3. The topological polar surface area (TPSA) is 51.3 Å². The van der Waals surface area contributed by atoms with Crippen LogP contribution in [0.15, 0.2) is 59.8 Å². The third-order valence-electron chi connectivity index (χ3n) is 5.91. The lowest BCUT2D eigenvalue weighted by Gasteiger charge is -2.20. The van der Waals surface area contributed by atoms with Gasteiger partial charge < -0.3 is 5.73 Å². The fraction of sp³-hybridized carbons (Fsp3) is 0.357. The molecule has 1 atom stereocenters. The van der Waals surface area contributed by atoms with Crippen LogP contribution >= 0.6 is 0 Å². The Morgan fingerprint density at radius 2 is 1.94 bits per heavy atom. The highest BCUT2D eigenvalue weighted by Gasteiger charge is 2.17. The van der Waals surface area contributed by atoms with Crippen molar-refractivity contribution in [2.45, 2.75) is 59.4 Å². The molecule has 1 aliphatic rings. The fourth-order valence-electron chi connectivity index (χ4n) is 4.22. The zero-order valence-electron chi connectivity index (χ0n) is 19.4. The van der Waals surface area contributed by atoms with E-state index in [9.17, 15) is 0 Å². The van der Waals surface area contributed by atoms with Gasteiger partial charge in [0.05, 0.1) is 11.7 Å². The Morgan fingerprint density at radius 3 is 2.55 bits per heavy atom. The largest absolute Gasteiger partial charge is 0.398 e. The molecule has 3 nitrogen and oxygen atoms in total. The van der Waals surface area contributed by atoms with Gasteiger partial charge in [-0.3, -0.25) is 9.98 Å². The lowest BCUT2D eigenvalue weighted by molar-refractivity contribution is 0.512. The van der Waals surface area contributed by atoms with E-state index in [4.69, 9.17) is 10.7 Å². The molecule has 0 aliphatic heterocycles. The number of hydrogen-bond acceptors (Lipinski definition) is 3. The normalized spacial score (nSPS) is 15.1. The van der Waals surface area contributed by atoms with E-state index in [0.717, 1.165) is 48.2 Å². The van der Waals surface area contributed by atoms with Gasteiger partial charge in [-0.2, -0.15) is 0 Å². The predicted octanol–water partition coefficient (Wildman–Crippen LogP) is 7.20. The first-order chi connectivity index (χ1) is 14.9. The molecule has 1 unspecified atom stereocenters. The quantitative estimate of drug-likeness (QED) is 0.367. The maximum atomic E-state index is 6.45. The van der Waals surface area contributed by atoms with Gasteiger partial charge >= 0.3 is 0 Å². The monoisotopic (exact) mass is 413 g/mol. The molecule has 0 radical (unpaired) electrons. The van der Waals surface area contributed by atoms with E-state index < -0.39 is 0 Å². The van der Waals surface area contributed by atoms with E-state index in [1.807, 2.05) is 24.5 Å². The fourth-order valence-corrected chi connectivity index (χ4v) is 4.22. The average Bonchev–Trinajstić information content (AvgIpc) is 2.77. The zero-order valence-corrected chi connectivity index (χ0v) is 19.4. The summed E-state index contributed by atoms with van der Waals surface area (Å²) in [6.45, 7) is 12.6. The van der Waals surface area contributed by atoms with E-state index in [1.54, 1.807) is 6.08 Å². The zero-order chi connectivity index (χ0) is 22.4. The number of benzene rings is 1. The first-order valence-electron chi connectivity index (χ1n) is 11.3. The van der Waals surface area contributed by atoms with Crippen molar-refractivity contribution in [1.82, 2.24) is 4.98 Å². The average molecular weight is 414 g/mol. The minimum absolute atomic E-state index is 0.0506. The van der Waals surface area contributed by atoms with Crippen molar-refractivity contribution < 1.29 is 0 Å². The van der Waals surface area contributed by atoms with Crippen molar-refractivity contribution in [3.8, 4) is 0 Å². The molecule has 3 rings (SSSR count). The molecule has 2 N–H and O–H groups in total. The summed E-state index contributed by atoms with van der Waals surface area (Å²) < 4.78 is 0. The van der Waals surface area contributed by atoms with Crippen LogP contribution in [0.3, 0.4) is 0 Å². The van der Waals surface area contributed by atoms with Crippen LogP contribution in [0.2, 0.25) is 0 Å². The van der Waals surface area contributed by atoms with Crippen LogP contribution in [-0.2, 0) is 6.42 Å². The van der Waals surface area contributed by atoms with E-state index in [1.165, 1.54) is 22.3 Å².